The molecule has 2 heterocycles. The molecule has 8 nitrogen and oxygen atoms in total. The highest BCUT2D eigenvalue weighted by molar-refractivity contribution is 6.02. The predicted molar refractivity (Wildman–Crippen MR) is 128 cm³/mol. The third-order valence-corrected chi connectivity index (χ3v) is 5.72. The minimum atomic E-state index is -0.479. The van der Waals surface area contributed by atoms with E-state index in [4.69, 9.17) is 14.9 Å². The van der Waals surface area contributed by atoms with Crippen LogP contribution in [0.5, 0.6) is 5.75 Å². The van der Waals surface area contributed by atoms with Crippen LogP contribution in [0, 0.1) is 11.3 Å². The van der Waals surface area contributed by atoms with Crippen LogP contribution < -0.4 is 4.74 Å². The highest BCUT2D eigenvalue weighted by Gasteiger charge is 2.19. The van der Waals surface area contributed by atoms with E-state index in [1.807, 2.05) is 31.2 Å². The van der Waals surface area contributed by atoms with Crippen molar-refractivity contribution in [1.29, 1.82) is 5.41 Å². The van der Waals surface area contributed by atoms with Gasteiger partial charge in [0.2, 0.25) is 0 Å². The fraction of sp³-hybridized carbons (Fsp3) is 0.480. The van der Waals surface area contributed by atoms with Gasteiger partial charge in [0.05, 0.1) is 12.7 Å². The molecule has 0 fully saturated rings. The number of nitrogens with one attached hydrogen (secondary N) is 1. The van der Waals surface area contributed by atoms with Gasteiger partial charge in [-0.05, 0) is 42.9 Å². The Bertz CT molecular complexity index is 1040. The second-order valence-electron chi connectivity index (χ2n) is 9.34. The van der Waals surface area contributed by atoms with Gasteiger partial charge in [0.25, 0.3) is 0 Å². The average Bonchev–Trinajstić information content (AvgIpc) is 3.18. The van der Waals surface area contributed by atoms with Crippen molar-refractivity contribution in [2.24, 2.45) is 10.9 Å². The highest BCUT2D eigenvalue weighted by Crippen LogP contribution is 2.24. The van der Waals surface area contributed by atoms with E-state index < -0.39 is 5.97 Å². The summed E-state index contributed by atoms with van der Waals surface area (Å²) < 4.78 is 12.4. The first-order chi connectivity index (χ1) is 15.7. The maximum Gasteiger partial charge on any atom is 0.344 e. The van der Waals surface area contributed by atoms with Gasteiger partial charge < -0.3 is 14.9 Å². The number of carbonyl (C=O) groups is 1. The number of rotatable bonds is 8. The summed E-state index contributed by atoms with van der Waals surface area (Å²) in [5.41, 5.74) is 4.22. The van der Waals surface area contributed by atoms with E-state index in [1.54, 1.807) is 17.1 Å². The second kappa shape index (κ2) is 10.6. The molecular formula is C25H33N5O3. The van der Waals surface area contributed by atoms with Gasteiger partial charge in [-0.3, -0.25) is 4.99 Å². The molecule has 1 aliphatic heterocycles. The van der Waals surface area contributed by atoms with Crippen LogP contribution in [0.3, 0.4) is 0 Å². The monoisotopic (exact) mass is 451 g/mol. The lowest BCUT2D eigenvalue weighted by Gasteiger charge is -2.19. The van der Waals surface area contributed by atoms with Crippen LogP contribution in [0.15, 0.2) is 47.2 Å². The lowest BCUT2D eigenvalue weighted by molar-refractivity contribution is -0.147. The second-order valence-corrected chi connectivity index (χ2v) is 9.34. The average molecular weight is 452 g/mol. The predicted octanol–water partition coefficient (Wildman–Crippen LogP) is 4.49. The molecule has 1 atom stereocenters. The van der Waals surface area contributed by atoms with Crippen LogP contribution in [0.4, 0.5) is 0 Å². The highest BCUT2D eigenvalue weighted by atomic mass is 16.6. The number of aliphatic imine (C=N–C) groups is 1. The molecule has 1 aromatic carbocycles. The molecule has 1 unspecified atom stereocenters. The zero-order valence-electron chi connectivity index (χ0n) is 20.1. The number of ether oxygens (including phenoxy) is 2. The van der Waals surface area contributed by atoms with Gasteiger partial charge in [-0.2, -0.15) is 0 Å². The fourth-order valence-electron chi connectivity index (χ4n) is 3.51. The van der Waals surface area contributed by atoms with Crippen molar-refractivity contribution in [2.75, 3.05) is 6.61 Å². The summed E-state index contributed by atoms with van der Waals surface area (Å²) in [7, 11) is 0. The van der Waals surface area contributed by atoms with Crippen molar-refractivity contribution in [3.05, 3.63) is 53.5 Å². The van der Waals surface area contributed by atoms with Crippen molar-refractivity contribution in [3.63, 3.8) is 0 Å². The van der Waals surface area contributed by atoms with Gasteiger partial charge >= 0.3 is 5.97 Å². The lowest BCUT2D eigenvalue weighted by atomic mass is 9.87. The molecular weight excluding hydrogens is 418 g/mol. The molecule has 1 N–H and O–H groups in total. The van der Waals surface area contributed by atoms with E-state index in [2.05, 4.69) is 43.0 Å². The van der Waals surface area contributed by atoms with E-state index >= 15 is 0 Å². The Morgan fingerprint density at radius 1 is 1.24 bits per heavy atom. The molecule has 176 valence electrons. The van der Waals surface area contributed by atoms with Crippen LogP contribution in [-0.4, -0.2) is 39.0 Å². The van der Waals surface area contributed by atoms with Gasteiger partial charge in [0, 0.05) is 29.1 Å². The minimum Gasteiger partial charge on any atom is -0.482 e. The number of carbonyl (C=O) groups excluding carboxylic acids is 1. The standard InChI is InChI=1S/C25H33N5O3/c1-6-18-11-23(26)19(12-27-17(18)2)13-30-14-21(28-29-30)15-33-24(31)16-32-22-9-7-20(8-10-22)25(3,4)5/h7-10,12,14,18,26H,6,11,13,15-16H2,1-5H3. The topological polar surface area (TPSA) is 102 Å². The molecule has 0 amide bonds. The SMILES string of the molecule is CCC1CC(=N)C(Cn2cc(COC(=O)COc3ccc(C(C)(C)C)cc3)nn2)=CN=C1C. The first-order valence-corrected chi connectivity index (χ1v) is 11.2. The largest absolute Gasteiger partial charge is 0.482 e. The zero-order chi connectivity index (χ0) is 24.0. The van der Waals surface area contributed by atoms with Crippen LogP contribution in [0.1, 0.15) is 58.7 Å². The third-order valence-electron chi connectivity index (χ3n) is 5.72. The Kier molecular flexibility index (Phi) is 7.79. The van der Waals surface area contributed by atoms with E-state index in [-0.39, 0.29) is 18.6 Å². The number of nitrogens with zero attached hydrogens (tertiary/aromatic N) is 4. The first kappa shape index (κ1) is 24.4. The van der Waals surface area contributed by atoms with Gasteiger partial charge in [-0.25, -0.2) is 9.48 Å². The molecule has 0 saturated heterocycles. The van der Waals surface area contributed by atoms with Crippen molar-refractivity contribution in [3.8, 4) is 5.75 Å². The van der Waals surface area contributed by atoms with Gasteiger partial charge in [0.15, 0.2) is 6.61 Å². The van der Waals surface area contributed by atoms with Crippen molar-refractivity contribution >= 4 is 17.4 Å². The van der Waals surface area contributed by atoms with E-state index in [1.165, 1.54) is 5.56 Å². The Labute approximate surface area is 195 Å². The van der Waals surface area contributed by atoms with Crippen LogP contribution in [0.25, 0.3) is 0 Å². The van der Waals surface area contributed by atoms with Crippen LogP contribution in [0.2, 0.25) is 0 Å². The molecule has 33 heavy (non-hydrogen) atoms. The van der Waals surface area contributed by atoms with E-state index in [9.17, 15) is 4.79 Å². The summed E-state index contributed by atoms with van der Waals surface area (Å²) in [6.45, 7) is 10.8. The van der Waals surface area contributed by atoms with E-state index in [0.29, 0.717) is 36.0 Å². The smallest absolute Gasteiger partial charge is 0.344 e. The Morgan fingerprint density at radius 2 is 1.97 bits per heavy atom. The van der Waals surface area contributed by atoms with Crippen molar-refractivity contribution in [2.45, 2.75) is 66.0 Å². The summed E-state index contributed by atoms with van der Waals surface area (Å²) in [6, 6.07) is 7.70. The maximum absolute atomic E-state index is 12.1. The Balaban J connectivity index is 1.47. The van der Waals surface area contributed by atoms with Gasteiger partial charge in [-0.15, -0.1) is 5.10 Å². The summed E-state index contributed by atoms with van der Waals surface area (Å²) in [6.07, 6.45) is 5.10. The first-order valence-electron chi connectivity index (χ1n) is 11.2. The number of allylic oxidation sites excluding steroid dienone is 1. The van der Waals surface area contributed by atoms with Gasteiger partial charge in [-0.1, -0.05) is 45.0 Å². The number of hydrogen-bond acceptors (Lipinski definition) is 7. The molecule has 8 heteroatoms. The molecule has 1 aliphatic rings. The molecule has 3 rings (SSSR count). The quantitative estimate of drug-likeness (QED) is 0.596. The Hall–Kier alpha value is -3.29. The number of hydrogen-bond donors (Lipinski definition) is 1. The number of esters is 1. The summed E-state index contributed by atoms with van der Waals surface area (Å²) in [5, 5.41) is 16.5. The molecule has 0 radical (unpaired) electrons. The van der Waals surface area contributed by atoms with E-state index in [0.717, 1.165) is 17.7 Å². The summed E-state index contributed by atoms with van der Waals surface area (Å²) >= 11 is 0. The van der Waals surface area contributed by atoms with Crippen molar-refractivity contribution < 1.29 is 14.3 Å². The maximum atomic E-state index is 12.1. The summed E-state index contributed by atoms with van der Waals surface area (Å²) in [5.74, 6) is 0.442. The molecule has 0 bridgehead atoms. The molecule has 2 aromatic rings. The van der Waals surface area contributed by atoms with Gasteiger partial charge in [0.1, 0.15) is 18.1 Å². The number of aromatic nitrogens is 3. The van der Waals surface area contributed by atoms with Crippen LogP contribution in [-0.2, 0) is 28.1 Å². The molecule has 0 saturated carbocycles. The number of benzene rings is 1. The molecule has 0 aliphatic carbocycles. The Morgan fingerprint density at radius 3 is 2.64 bits per heavy atom. The minimum absolute atomic E-state index is 0.0107. The zero-order valence-corrected chi connectivity index (χ0v) is 20.1. The fourth-order valence-corrected chi connectivity index (χ4v) is 3.51. The van der Waals surface area contributed by atoms with Crippen molar-refractivity contribution in [1.82, 2.24) is 15.0 Å². The third kappa shape index (κ3) is 6.84. The normalized spacial score (nSPS) is 16.6. The van der Waals surface area contributed by atoms with Crippen LogP contribution >= 0.6 is 0 Å². The molecule has 0 spiro atoms. The lowest BCUT2D eigenvalue weighted by Crippen LogP contribution is -2.16. The summed E-state index contributed by atoms with van der Waals surface area (Å²) in [4.78, 5) is 16.6. The molecule has 1 aromatic heterocycles.